The molecule has 8 nitrogen and oxygen atoms in total. The fourth-order valence-electron chi connectivity index (χ4n) is 5.52. The average Bonchev–Trinajstić information content (AvgIpc) is 3.31. The van der Waals surface area contributed by atoms with Crippen LogP contribution in [0.1, 0.15) is 16.8 Å². The first-order chi connectivity index (χ1) is 21.3. The highest BCUT2D eigenvalue weighted by atomic mass is 32.2. The van der Waals surface area contributed by atoms with Crippen LogP contribution < -0.4 is 14.4 Å². The molecule has 1 fully saturated rings. The van der Waals surface area contributed by atoms with Gasteiger partial charge in [0.2, 0.25) is 0 Å². The van der Waals surface area contributed by atoms with Gasteiger partial charge >= 0.3 is 0 Å². The van der Waals surface area contributed by atoms with Gasteiger partial charge in [-0.2, -0.15) is 0 Å². The molecule has 6 rings (SSSR count). The van der Waals surface area contributed by atoms with Crippen LogP contribution in [0, 0.1) is 5.82 Å². The van der Waals surface area contributed by atoms with Crippen LogP contribution in [-0.2, 0) is 10.0 Å². The fourth-order valence-corrected chi connectivity index (χ4v) is 6.76. The van der Waals surface area contributed by atoms with Gasteiger partial charge in [-0.15, -0.1) is 0 Å². The second-order valence-corrected chi connectivity index (χ2v) is 12.2. The molecular weight excluding hydrogens is 579 g/mol. The van der Waals surface area contributed by atoms with Crippen LogP contribution in [0.3, 0.4) is 0 Å². The molecule has 1 amide bonds. The summed E-state index contributed by atoms with van der Waals surface area (Å²) in [5, 5.41) is 0.649. The minimum Gasteiger partial charge on any atom is -0.495 e. The molecule has 1 N–H and O–H groups in total. The van der Waals surface area contributed by atoms with Crippen LogP contribution in [0.4, 0.5) is 15.8 Å². The first-order valence-electron chi connectivity index (χ1n) is 14.3. The number of hydrogen-bond donors (Lipinski definition) is 1. The maximum Gasteiger partial charge on any atom is 0.264 e. The highest BCUT2D eigenvalue weighted by Crippen LogP contribution is 2.34. The smallest absolute Gasteiger partial charge is 0.264 e. The number of carbonyl (C=O) groups excluding carboxylic acids is 1. The molecular formula is C34H31FN4O4S. The minimum absolute atomic E-state index is 0.0596. The Bertz CT molecular complexity index is 1930. The number of nitrogens with one attached hydrogen (secondary N) is 1. The lowest BCUT2D eigenvalue weighted by molar-refractivity contribution is 0.0766. The van der Waals surface area contributed by atoms with Crippen LogP contribution in [0.5, 0.6) is 5.75 Å². The van der Waals surface area contributed by atoms with E-state index in [4.69, 9.17) is 4.74 Å². The van der Waals surface area contributed by atoms with Gasteiger partial charge in [-0.25, -0.2) is 12.8 Å². The number of pyridine rings is 1. The number of ether oxygens (including phenoxy) is 1. The van der Waals surface area contributed by atoms with Gasteiger partial charge in [-0.1, -0.05) is 54.6 Å². The summed E-state index contributed by atoms with van der Waals surface area (Å²) in [4.78, 5) is 21.4. The number of benzene rings is 4. The predicted octanol–water partition coefficient (Wildman–Crippen LogP) is 6.20. The van der Waals surface area contributed by atoms with Gasteiger partial charge in [0.15, 0.2) is 0 Å². The number of sulfonamides is 1. The molecule has 0 atom stereocenters. The van der Waals surface area contributed by atoms with E-state index in [0.29, 0.717) is 25.0 Å². The standard InChI is InChI=1S/C34H31FN4O4S/c1-43-31-23-26(24-8-3-2-4-9-24)14-16-30(31)38-18-7-19-39(21-20-38)34(40)27-13-15-29(28(35)22-27)37-44(41,42)32-12-5-10-25-11-6-17-36-33(25)32/h2-6,8-17,22-23,37H,7,18-21H2,1H3. The maximum atomic E-state index is 15.2. The molecule has 44 heavy (non-hydrogen) atoms. The minimum atomic E-state index is -4.14. The van der Waals surface area contributed by atoms with Crippen molar-refractivity contribution in [2.45, 2.75) is 11.3 Å². The number of methoxy groups -OCH3 is 1. The Morgan fingerprint density at radius 1 is 0.864 bits per heavy atom. The third kappa shape index (κ3) is 5.93. The molecule has 0 aliphatic carbocycles. The molecule has 1 saturated heterocycles. The number of amides is 1. The second-order valence-electron chi connectivity index (χ2n) is 10.5. The summed E-state index contributed by atoms with van der Waals surface area (Å²) in [6, 6.07) is 28.3. The fraction of sp³-hybridized carbons (Fsp3) is 0.176. The number of aromatic nitrogens is 1. The molecule has 0 unspecified atom stereocenters. The van der Waals surface area contributed by atoms with E-state index in [1.807, 2.05) is 30.3 Å². The van der Waals surface area contributed by atoms with E-state index in [0.717, 1.165) is 41.6 Å². The van der Waals surface area contributed by atoms with Crippen molar-refractivity contribution in [1.82, 2.24) is 9.88 Å². The van der Waals surface area contributed by atoms with Crippen molar-refractivity contribution in [3.63, 3.8) is 0 Å². The SMILES string of the molecule is COc1cc(-c2ccccc2)ccc1N1CCCN(C(=O)c2ccc(NS(=O)(=O)c3cccc4cccnc34)c(F)c2)CC1. The van der Waals surface area contributed by atoms with Crippen molar-refractivity contribution >= 4 is 38.2 Å². The average molecular weight is 611 g/mol. The molecule has 0 saturated carbocycles. The number of nitrogens with zero attached hydrogens (tertiary/aromatic N) is 3. The Labute approximate surface area is 255 Å². The molecule has 4 aromatic carbocycles. The van der Waals surface area contributed by atoms with Crippen LogP contribution in [0.15, 0.2) is 108 Å². The molecule has 0 bridgehead atoms. The maximum absolute atomic E-state index is 15.2. The monoisotopic (exact) mass is 610 g/mol. The van der Waals surface area contributed by atoms with Crippen molar-refractivity contribution in [1.29, 1.82) is 0 Å². The lowest BCUT2D eigenvalue weighted by Crippen LogP contribution is -2.35. The molecule has 1 aliphatic rings. The summed E-state index contributed by atoms with van der Waals surface area (Å²) in [7, 11) is -2.49. The topological polar surface area (TPSA) is 91.8 Å². The van der Waals surface area contributed by atoms with Crippen molar-refractivity contribution in [2.75, 3.05) is 42.9 Å². The highest BCUT2D eigenvalue weighted by Gasteiger charge is 2.24. The van der Waals surface area contributed by atoms with Crippen molar-refractivity contribution in [3.8, 4) is 16.9 Å². The first kappa shape index (κ1) is 29.1. The van der Waals surface area contributed by atoms with E-state index in [2.05, 4.69) is 32.8 Å². The predicted molar refractivity (Wildman–Crippen MR) is 170 cm³/mol. The number of hydrogen-bond acceptors (Lipinski definition) is 6. The van der Waals surface area contributed by atoms with Crippen molar-refractivity contribution in [2.24, 2.45) is 0 Å². The van der Waals surface area contributed by atoms with E-state index in [-0.39, 0.29) is 27.6 Å². The van der Waals surface area contributed by atoms with Crippen LogP contribution in [0.25, 0.3) is 22.0 Å². The highest BCUT2D eigenvalue weighted by molar-refractivity contribution is 7.93. The molecule has 10 heteroatoms. The van der Waals surface area contributed by atoms with Gasteiger partial charge in [-0.05, 0) is 60.0 Å². The van der Waals surface area contributed by atoms with Gasteiger partial charge in [0.1, 0.15) is 16.5 Å². The first-order valence-corrected chi connectivity index (χ1v) is 15.8. The van der Waals surface area contributed by atoms with Crippen molar-refractivity contribution in [3.05, 3.63) is 115 Å². The third-order valence-corrected chi connectivity index (χ3v) is 9.15. The van der Waals surface area contributed by atoms with Gasteiger partial charge in [-0.3, -0.25) is 14.5 Å². The summed E-state index contributed by atoms with van der Waals surface area (Å²) in [6.45, 7) is 2.24. The summed E-state index contributed by atoms with van der Waals surface area (Å²) in [5.41, 5.74) is 3.29. The number of halogens is 1. The van der Waals surface area contributed by atoms with Gasteiger partial charge in [0, 0.05) is 43.3 Å². The normalized spacial score (nSPS) is 13.9. The molecule has 2 heterocycles. The van der Waals surface area contributed by atoms with E-state index in [1.165, 1.54) is 24.4 Å². The summed E-state index contributed by atoms with van der Waals surface area (Å²) in [6.07, 6.45) is 2.22. The van der Waals surface area contributed by atoms with E-state index in [1.54, 1.807) is 36.3 Å². The van der Waals surface area contributed by atoms with Crippen LogP contribution >= 0.6 is 0 Å². The van der Waals surface area contributed by atoms with E-state index >= 15 is 4.39 Å². The number of para-hydroxylation sites is 1. The lowest BCUT2D eigenvalue weighted by atomic mass is 10.0. The zero-order chi connectivity index (χ0) is 30.7. The number of fused-ring (bicyclic) bond motifs is 1. The Hall–Kier alpha value is -4.96. The van der Waals surface area contributed by atoms with E-state index < -0.39 is 15.8 Å². The van der Waals surface area contributed by atoms with Gasteiger partial charge in [0.05, 0.1) is 24.0 Å². The molecule has 0 spiro atoms. The lowest BCUT2D eigenvalue weighted by Gasteiger charge is -2.26. The molecule has 0 radical (unpaired) electrons. The number of anilines is 2. The Kier molecular flexibility index (Phi) is 8.17. The molecule has 5 aromatic rings. The summed E-state index contributed by atoms with van der Waals surface area (Å²) < 4.78 is 49.6. The van der Waals surface area contributed by atoms with Crippen LogP contribution in [-0.4, -0.2) is 57.5 Å². The summed E-state index contributed by atoms with van der Waals surface area (Å²) >= 11 is 0. The largest absolute Gasteiger partial charge is 0.495 e. The van der Waals surface area contributed by atoms with Gasteiger partial charge in [0.25, 0.3) is 15.9 Å². The molecule has 224 valence electrons. The summed E-state index contributed by atoms with van der Waals surface area (Å²) in [5.74, 6) is -0.400. The quantitative estimate of drug-likeness (QED) is 0.236. The van der Waals surface area contributed by atoms with E-state index in [9.17, 15) is 13.2 Å². The second kappa shape index (κ2) is 12.3. The Balaban J connectivity index is 1.15. The number of carbonyl (C=O) groups is 1. The third-order valence-electron chi connectivity index (χ3n) is 7.76. The van der Waals surface area contributed by atoms with Crippen LogP contribution in [0.2, 0.25) is 0 Å². The molecule has 1 aromatic heterocycles. The van der Waals surface area contributed by atoms with Crippen molar-refractivity contribution < 1.29 is 22.3 Å². The number of rotatable bonds is 7. The zero-order valence-electron chi connectivity index (χ0n) is 24.1. The Morgan fingerprint density at radius 2 is 1.68 bits per heavy atom. The molecule has 1 aliphatic heterocycles. The Morgan fingerprint density at radius 3 is 2.48 bits per heavy atom. The van der Waals surface area contributed by atoms with Gasteiger partial charge < -0.3 is 14.5 Å². The zero-order valence-corrected chi connectivity index (χ0v) is 24.9.